The Morgan fingerprint density at radius 1 is 1.08 bits per heavy atom. The molecule has 2 aromatic carbocycles. The van der Waals surface area contributed by atoms with Crippen molar-refractivity contribution in [3.8, 4) is 16.9 Å². The fourth-order valence-electron chi connectivity index (χ4n) is 4.55. The lowest BCUT2D eigenvalue weighted by molar-refractivity contribution is 0.0775. The van der Waals surface area contributed by atoms with Crippen LogP contribution < -0.4 is 10.1 Å². The van der Waals surface area contributed by atoms with Gasteiger partial charge in [-0.15, -0.1) is 0 Å². The predicted octanol–water partition coefficient (Wildman–Crippen LogP) is 3.29. The molecule has 5 heteroatoms. The van der Waals surface area contributed by atoms with Gasteiger partial charge in [-0.25, -0.2) is 8.78 Å². The zero-order valence-corrected chi connectivity index (χ0v) is 13.9. The van der Waals surface area contributed by atoms with E-state index < -0.39 is 11.6 Å². The molecule has 2 heterocycles. The molecule has 130 valence electrons. The molecule has 1 N–H and O–H groups in total. The van der Waals surface area contributed by atoms with E-state index in [0.29, 0.717) is 5.56 Å². The Hall–Kier alpha value is -1.98. The summed E-state index contributed by atoms with van der Waals surface area (Å²) < 4.78 is 34.3. The SMILES string of the molecule is Fc1cc(F)c2c(c1)-c1cccc3c1C(O2)C(N1CCCNCC1)C3. The highest BCUT2D eigenvalue weighted by Crippen LogP contribution is 2.50. The van der Waals surface area contributed by atoms with Crippen LogP contribution in [0.1, 0.15) is 23.7 Å². The van der Waals surface area contributed by atoms with Crippen molar-refractivity contribution in [3.63, 3.8) is 0 Å². The number of nitrogens with zero attached hydrogens (tertiary/aromatic N) is 1. The first-order valence-corrected chi connectivity index (χ1v) is 8.95. The second-order valence-electron chi connectivity index (χ2n) is 7.09. The molecule has 0 bridgehead atoms. The normalized spacial score (nSPS) is 25.0. The fraction of sp³-hybridized carbons (Fsp3) is 0.400. The van der Waals surface area contributed by atoms with Crippen LogP contribution in [0.4, 0.5) is 8.78 Å². The Kier molecular flexibility index (Phi) is 3.54. The van der Waals surface area contributed by atoms with E-state index in [1.807, 2.05) is 12.1 Å². The maximum Gasteiger partial charge on any atom is 0.168 e. The zero-order valence-electron chi connectivity index (χ0n) is 13.9. The second kappa shape index (κ2) is 5.78. The Morgan fingerprint density at radius 3 is 2.92 bits per heavy atom. The molecule has 3 nitrogen and oxygen atoms in total. The third-order valence-corrected chi connectivity index (χ3v) is 5.65. The highest BCUT2D eigenvalue weighted by atomic mass is 19.1. The van der Waals surface area contributed by atoms with Gasteiger partial charge in [0.25, 0.3) is 0 Å². The van der Waals surface area contributed by atoms with Gasteiger partial charge in [0.05, 0.1) is 6.04 Å². The van der Waals surface area contributed by atoms with Gasteiger partial charge in [-0.05, 0) is 43.1 Å². The van der Waals surface area contributed by atoms with Crippen LogP contribution in [0.25, 0.3) is 11.1 Å². The van der Waals surface area contributed by atoms with Gasteiger partial charge in [0.2, 0.25) is 0 Å². The molecule has 0 spiro atoms. The number of rotatable bonds is 1. The minimum Gasteiger partial charge on any atom is -0.480 e. The average Bonchev–Trinajstić information content (AvgIpc) is 2.79. The summed E-state index contributed by atoms with van der Waals surface area (Å²) in [6, 6.07) is 8.55. The van der Waals surface area contributed by atoms with Gasteiger partial charge in [0, 0.05) is 30.3 Å². The monoisotopic (exact) mass is 342 g/mol. The van der Waals surface area contributed by atoms with E-state index in [0.717, 1.165) is 56.2 Å². The topological polar surface area (TPSA) is 24.5 Å². The molecule has 1 fully saturated rings. The van der Waals surface area contributed by atoms with Gasteiger partial charge in [0.1, 0.15) is 11.9 Å². The molecular weight excluding hydrogens is 322 g/mol. The van der Waals surface area contributed by atoms with Crippen molar-refractivity contribution in [2.75, 3.05) is 26.2 Å². The number of fused-ring (bicyclic) bond motifs is 2. The average molecular weight is 342 g/mol. The van der Waals surface area contributed by atoms with Crippen LogP contribution in [-0.4, -0.2) is 37.1 Å². The molecule has 0 amide bonds. The van der Waals surface area contributed by atoms with E-state index >= 15 is 0 Å². The molecule has 1 saturated heterocycles. The van der Waals surface area contributed by atoms with E-state index in [1.54, 1.807) is 0 Å². The van der Waals surface area contributed by atoms with Crippen LogP contribution in [0, 0.1) is 11.6 Å². The van der Waals surface area contributed by atoms with E-state index in [1.165, 1.54) is 11.6 Å². The van der Waals surface area contributed by atoms with Crippen LogP contribution in [0.15, 0.2) is 30.3 Å². The maximum atomic E-state index is 14.4. The summed E-state index contributed by atoms with van der Waals surface area (Å²) in [6.07, 6.45) is 1.81. The molecule has 2 atom stereocenters. The molecule has 0 aromatic heterocycles. The largest absolute Gasteiger partial charge is 0.480 e. The van der Waals surface area contributed by atoms with Crippen LogP contribution >= 0.6 is 0 Å². The Balaban J connectivity index is 1.61. The van der Waals surface area contributed by atoms with Crippen molar-refractivity contribution in [2.45, 2.75) is 25.0 Å². The molecule has 25 heavy (non-hydrogen) atoms. The van der Waals surface area contributed by atoms with E-state index in [-0.39, 0.29) is 17.9 Å². The fourth-order valence-corrected chi connectivity index (χ4v) is 4.55. The predicted molar refractivity (Wildman–Crippen MR) is 91.7 cm³/mol. The summed E-state index contributed by atoms with van der Waals surface area (Å²) >= 11 is 0. The summed E-state index contributed by atoms with van der Waals surface area (Å²) in [5, 5.41) is 3.43. The van der Waals surface area contributed by atoms with Gasteiger partial charge >= 0.3 is 0 Å². The van der Waals surface area contributed by atoms with E-state index in [9.17, 15) is 8.78 Å². The molecule has 0 radical (unpaired) electrons. The first-order chi connectivity index (χ1) is 12.2. The van der Waals surface area contributed by atoms with Gasteiger partial charge in [-0.3, -0.25) is 4.90 Å². The Bertz CT molecular complexity index is 831. The number of hydrogen-bond acceptors (Lipinski definition) is 3. The third kappa shape index (κ3) is 2.37. The lowest BCUT2D eigenvalue weighted by atomic mass is 9.92. The Labute approximate surface area is 145 Å². The molecule has 2 aliphatic heterocycles. The summed E-state index contributed by atoms with van der Waals surface area (Å²) in [5.41, 5.74) is 3.80. The van der Waals surface area contributed by atoms with Crippen LogP contribution in [0.3, 0.4) is 0 Å². The van der Waals surface area contributed by atoms with Crippen molar-refractivity contribution < 1.29 is 13.5 Å². The number of nitrogens with one attached hydrogen (secondary N) is 1. The molecule has 2 aromatic rings. The van der Waals surface area contributed by atoms with Crippen molar-refractivity contribution >= 4 is 0 Å². The van der Waals surface area contributed by atoms with E-state index in [2.05, 4.69) is 16.3 Å². The molecule has 3 aliphatic rings. The van der Waals surface area contributed by atoms with Crippen molar-refractivity contribution in [2.24, 2.45) is 0 Å². The second-order valence-corrected chi connectivity index (χ2v) is 7.09. The van der Waals surface area contributed by atoms with Crippen LogP contribution in [-0.2, 0) is 6.42 Å². The number of ether oxygens (including phenoxy) is 1. The highest BCUT2D eigenvalue weighted by molar-refractivity contribution is 5.78. The summed E-state index contributed by atoms with van der Waals surface area (Å²) in [5.74, 6) is -0.992. The molecule has 0 saturated carbocycles. The first kappa shape index (κ1) is 15.3. The molecule has 1 aliphatic carbocycles. The van der Waals surface area contributed by atoms with Gasteiger partial charge in [-0.2, -0.15) is 0 Å². The first-order valence-electron chi connectivity index (χ1n) is 8.95. The van der Waals surface area contributed by atoms with E-state index in [4.69, 9.17) is 4.74 Å². The summed E-state index contributed by atoms with van der Waals surface area (Å²) in [6.45, 7) is 3.97. The Morgan fingerprint density at radius 2 is 2.00 bits per heavy atom. The van der Waals surface area contributed by atoms with Gasteiger partial charge in [0.15, 0.2) is 11.6 Å². The minimum absolute atomic E-state index is 0.184. The summed E-state index contributed by atoms with van der Waals surface area (Å²) in [7, 11) is 0. The van der Waals surface area contributed by atoms with Crippen molar-refractivity contribution in [3.05, 3.63) is 53.1 Å². The molecule has 5 rings (SSSR count). The molecule has 2 unspecified atom stereocenters. The molecular formula is C20H20F2N2O. The third-order valence-electron chi connectivity index (χ3n) is 5.65. The highest BCUT2D eigenvalue weighted by Gasteiger charge is 2.43. The smallest absolute Gasteiger partial charge is 0.168 e. The minimum atomic E-state index is -0.616. The van der Waals surface area contributed by atoms with Crippen LogP contribution in [0.5, 0.6) is 5.75 Å². The number of halogens is 2. The zero-order chi connectivity index (χ0) is 17.0. The maximum absolute atomic E-state index is 14.4. The lowest BCUT2D eigenvalue weighted by Crippen LogP contribution is -2.42. The van der Waals surface area contributed by atoms with Crippen LogP contribution in [0.2, 0.25) is 0 Å². The number of benzene rings is 2. The van der Waals surface area contributed by atoms with Gasteiger partial charge < -0.3 is 10.1 Å². The standard InChI is InChI=1S/C20H20F2N2O/c21-13-10-15-14-4-1-3-12-9-17(24-7-2-5-23-6-8-24)20(18(12)14)25-19(15)16(22)11-13/h1,3-4,10-11,17,20,23H,2,5-9H2. The quantitative estimate of drug-likeness (QED) is 0.861. The lowest BCUT2D eigenvalue weighted by Gasteiger charge is -2.35. The van der Waals surface area contributed by atoms with Crippen molar-refractivity contribution in [1.29, 1.82) is 0 Å². The number of hydrogen-bond donors (Lipinski definition) is 1. The van der Waals surface area contributed by atoms with Crippen molar-refractivity contribution in [1.82, 2.24) is 10.2 Å². The summed E-state index contributed by atoms with van der Waals surface area (Å²) in [4.78, 5) is 2.46. The van der Waals surface area contributed by atoms with Gasteiger partial charge in [-0.1, -0.05) is 18.2 Å².